The number of hydrogen-bond donors (Lipinski definition) is 0. The highest BCUT2D eigenvalue weighted by Gasteiger charge is 2.40. The molecule has 0 N–H and O–H groups in total. The molecule has 0 amide bonds. The number of hydrazone groups is 1. The summed E-state index contributed by atoms with van der Waals surface area (Å²) >= 11 is 0. The van der Waals surface area contributed by atoms with Gasteiger partial charge in [-0.3, -0.25) is 0 Å². The first-order valence-electron chi connectivity index (χ1n) is 11.3. The predicted octanol–water partition coefficient (Wildman–Crippen LogP) is 6.28. The van der Waals surface area contributed by atoms with Crippen LogP contribution in [0.2, 0.25) is 0 Å². The zero-order valence-electron chi connectivity index (χ0n) is 19.0. The monoisotopic (exact) mass is 440 g/mol. The minimum Gasteiger partial charge on any atom is -0.491 e. The fraction of sp³-hybridized carbons (Fsp3) is 0.250. The minimum absolute atomic E-state index is 0.123. The topological polar surface area (TPSA) is 43.3 Å². The number of para-hydroxylation sites is 1. The van der Waals surface area contributed by atoms with E-state index in [1.165, 1.54) is 0 Å². The van der Waals surface area contributed by atoms with Gasteiger partial charge >= 0.3 is 0 Å². The van der Waals surface area contributed by atoms with E-state index in [4.69, 9.17) is 19.3 Å². The van der Waals surface area contributed by atoms with E-state index in [-0.39, 0.29) is 18.4 Å². The Morgan fingerprint density at radius 3 is 2.48 bits per heavy atom. The van der Waals surface area contributed by atoms with E-state index in [0.717, 1.165) is 46.1 Å². The van der Waals surface area contributed by atoms with Crippen LogP contribution in [0.4, 0.5) is 0 Å². The fourth-order valence-corrected chi connectivity index (χ4v) is 4.31. The largest absolute Gasteiger partial charge is 0.491 e. The van der Waals surface area contributed by atoms with Crippen molar-refractivity contribution in [3.8, 4) is 17.2 Å². The fourth-order valence-electron chi connectivity index (χ4n) is 4.31. The van der Waals surface area contributed by atoms with Crippen molar-refractivity contribution in [2.24, 2.45) is 5.10 Å². The Hall–Kier alpha value is -3.73. The molecule has 2 aliphatic rings. The summed E-state index contributed by atoms with van der Waals surface area (Å²) in [5.41, 5.74) is 4.34. The van der Waals surface area contributed by atoms with E-state index in [1.54, 1.807) is 6.08 Å². The normalized spacial score (nSPS) is 18.8. The van der Waals surface area contributed by atoms with Gasteiger partial charge in [0.2, 0.25) is 6.23 Å². The summed E-state index contributed by atoms with van der Waals surface area (Å²) in [6.45, 7) is 8.24. The van der Waals surface area contributed by atoms with Gasteiger partial charge in [0.25, 0.3) is 0 Å². The van der Waals surface area contributed by atoms with Crippen LogP contribution in [-0.4, -0.2) is 23.4 Å². The van der Waals surface area contributed by atoms with Gasteiger partial charge in [-0.1, -0.05) is 30.9 Å². The first-order valence-corrected chi connectivity index (χ1v) is 11.3. The molecule has 5 heteroatoms. The first-order chi connectivity index (χ1) is 16.1. The van der Waals surface area contributed by atoms with Crippen molar-refractivity contribution in [3.63, 3.8) is 0 Å². The second kappa shape index (κ2) is 9.02. The van der Waals surface area contributed by atoms with Crippen molar-refractivity contribution in [1.29, 1.82) is 0 Å². The molecule has 168 valence electrons. The quantitative estimate of drug-likeness (QED) is 0.406. The first kappa shape index (κ1) is 21.1. The van der Waals surface area contributed by atoms with Gasteiger partial charge in [-0.2, -0.15) is 5.10 Å². The Balaban J connectivity index is 1.45. The number of fused-ring (bicyclic) bond motifs is 3. The van der Waals surface area contributed by atoms with Crippen LogP contribution in [-0.2, 0) is 0 Å². The minimum atomic E-state index is -0.300. The average molecular weight is 441 g/mol. The van der Waals surface area contributed by atoms with E-state index in [2.05, 4.69) is 48.0 Å². The smallest absolute Gasteiger partial charge is 0.213 e. The molecule has 0 bridgehead atoms. The van der Waals surface area contributed by atoms with Gasteiger partial charge in [-0.05, 0) is 74.0 Å². The summed E-state index contributed by atoms with van der Waals surface area (Å²) in [6.07, 6.45) is 2.40. The van der Waals surface area contributed by atoms with Crippen LogP contribution in [0.25, 0.3) is 0 Å². The van der Waals surface area contributed by atoms with Crippen molar-refractivity contribution in [2.75, 3.05) is 6.61 Å². The molecule has 0 aromatic heterocycles. The highest BCUT2D eigenvalue weighted by Crippen LogP contribution is 2.47. The number of ether oxygens (including phenoxy) is 3. The van der Waals surface area contributed by atoms with E-state index >= 15 is 0 Å². The molecule has 0 saturated carbocycles. The van der Waals surface area contributed by atoms with Crippen LogP contribution >= 0.6 is 0 Å². The van der Waals surface area contributed by atoms with Crippen LogP contribution in [0.1, 0.15) is 49.2 Å². The van der Waals surface area contributed by atoms with Crippen molar-refractivity contribution in [2.45, 2.75) is 38.6 Å². The average Bonchev–Trinajstić information content (AvgIpc) is 3.28. The second-order valence-corrected chi connectivity index (χ2v) is 8.51. The molecule has 0 saturated heterocycles. The number of nitrogens with zero attached hydrogens (tertiary/aromatic N) is 2. The molecule has 5 nitrogen and oxygen atoms in total. The van der Waals surface area contributed by atoms with Gasteiger partial charge in [-0.25, -0.2) is 5.01 Å². The van der Waals surface area contributed by atoms with Crippen molar-refractivity contribution < 1.29 is 14.2 Å². The van der Waals surface area contributed by atoms with E-state index in [9.17, 15) is 0 Å². The Morgan fingerprint density at radius 1 is 1.03 bits per heavy atom. The zero-order chi connectivity index (χ0) is 22.8. The summed E-state index contributed by atoms with van der Waals surface area (Å²) in [6, 6.07) is 24.6. The van der Waals surface area contributed by atoms with Crippen LogP contribution < -0.4 is 14.2 Å². The molecule has 2 aliphatic heterocycles. The summed E-state index contributed by atoms with van der Waals surface area (Å²) < 4.78 is 17.9. The summed E-state index contributed by atoms with van der Waals surface area (Å²) in [4.78, 5) is 0. The molecule has 2 atom stereocenters. The van der Waals surface area contributed by atoms with Gasteiger partial charge < -0.3 is 14.2 Å². The predicted molar refractivity (Wildman–Crippen MR) is 130 cm³/mol. The van der Waals surface area contributed by atoms with Crippen LogP contribution in [0.15, 0.2) is 90.6 Å². The van der Waals surface area contributed by atoms with E-state index in [0.29, 0.717) is 6.61 Å². The highest BCUT2D eigenvalue weighted by molar-refractivity contribution is 6.02. The summed E-state index contributed by atoms with van der Waals surface area (Å²) in [7, 11) is 0. The van der Waals surface area contributed by atoms with Gasteiger partial charge in [0.1, 0.15) is 23.9 Å². The van der Waals surface area contributed by atoms with E-state index in [1.807, 2.05) is 50.2 Å². The maximum absolute atomic E-state index is 6.45. The Kier molecular flexibility index (Phi) is 5.78. The van der Waals surface area contributed by atoms with Gasteiger partial charge in [-0.15, -0.1) is 0 Å². The van der Waals surface area contributed by atoms with Crippen LogP contribution in [0.5, 0.6) is 17.2 Å². The van der Waals surface area contributed by atoms with Crippen LogP contribution in [0, 0.1) is 0 Å². The SMILES string of the molecule is C=CCOc1ccc(C2=NN3[C@H](C2)c2ccccc2O[C@@H]3c2ccc(OC(C)C)cc2)cc1. The van der Waals surface area contributed by atoms with Crippen molar-refractivity contribution in [3.05, 3.63) is 102 Å². The van der Waals surface area contributed by atoms with Crippen LogP contribution in [0.3, 0.4) is 0 Å². The van der Waals surface area contributed by atoms with Gasteiger partial charge in [0.15, 0.2) is 0 Å². The molecule has 0 unspecified atom stereocenters. The lowest BCUT2D eigenvalue weighted by Gasteiger charge is -2.38. The van der Waals surface area contributed by atoms with E-state index < -0.39 is 0 Å². The molecular weight excluding hydrogens is 412 g/mol. The molecule has 0 aliphatic carbocycles. The van der Waals surface area contributed by atoms with Crippen molar-refractivity contribution in [1.82, 2.24) is 5.01 Å². The lowest BCUT2D eigenvalue weighted by Crippen LogP contribution is -2.33. The number of rotatable bonds is 7. The number of benzene rings is 3. The third kappa shape index (κ3) is 4.31. The molecular formula is C28H28N2O3. The maximum Gasteiger partial charge on any atom is 0.213 e. The number of hydrogen-bond acceptors (Lipinski definition) is 5. The highest BCUT2D eigenvalue weighted by atomic mass is 16.5. The Labute approximate surface area is 194 Å². The lowest BCUT2D eigenvalue weighted by molar-refractivity contribution is -0.0190. The molecule has 0 fully saturated rings. The molecule has 5 rings (SSSR count). The molecule has 3 aromatic rings. The second-order valence-electron chi connectivity index (χ2n) is 8.51. The summed E-state index contributed by atoms with van der Waals surface area (Å²) in [5, 5.41) is 7.13. The molecule has 3 aromatic carbocycles. The lowest BCUT2D eigenvalue weighted by atomic mass is 9.96. The maximum atomic E-state index is 6.45. The van der Waals surface area contributed by atoms with Gasteiger partial charge in [0.05, 0.1) is 17.9 Å². The Bertz CT molecular complexity index is 1150. The molecule has 33 heavy (non-hydrogen) atoms. The van der Waals surface area contributed by atoms with Gasteiger partial charge in [0, 0.05) is 17.5 Å². The summed E-state index contributed by atoms with van der Waals surface area (Å²) in [5.74, 6) is 2.59. The third-order valence-corrected chi connectivity index (χ3v) is 5.79. The zero-order valence-corrected chi connectivity index (χ0v) is 19.0. The molecule has 0 spiro atoms. The third-order valence-electron chi connectivity index (χ3n) is 5.79. The Morgan fingerprint density at radius 2 is 1.76 bits per heavy atom. The standard InChI is InChI=1S/C28H28N2O3/c1-4-17-31-22-13-9-20(10-14-22)25-18-26-24-7-5-6-8-27(24)33-28(30(26)29-25)21-11-15-23(16-12-21)32-19(2)3/h4-16,19,26,28H,1,17-18H2,2-3H3/t26-,28-/m1/s1. The van der Waals surface area contributed by atoms with Crippen molar-refractivity contribution >= 4 is 5.71 Å². The molecule has 0 radical (unpaired) electrons. The molecule has 2 heterocycles.